The highest BCUT2D eigenvalue weighted by Crippen LogP contribution is 2.28. The van der Waals surface area contributed by atoms with Crippen molar-refractivity contribution >= 4 is 21.7 Å². The Hall–Kier alpha value is -2.73. The number of aromatic hydroxyl groups is 1. The van der Waals surface area contributed by atoms with Crippen LogP contribution in [0.2, 0.25) is 0 Å². The van der Waals surface area contributed by atoms with Gasteiger partial charge in [0.25, 0.3) is 0 Å². The number of hydrogen-bond donors (Lipinski definition) is 1. The molecule has 1 N–H and O–H groups in total. The molecule has 1 heterocycles. The van der Waals surface area contributed by atoms with E-state index in [9.17, 15) is 9.90 Å². The number of phenolic OH excluding ortho intramolecular Hbond substituents is 1. The Kier molecular flexibility index (Phi) is 2.52. The van der Waals surface area contributed by atoms with Crippen molar-refractivity contribution in [3.8, 4) is 17.6 Å². The first-order valence-corrected chi connectivity index (χ1v) is 6.92. The molecule has 0 atom stereocenters. The van der Waals surface area contributed by atoms with Crippen molar-refractivity contribution in [2.75, 3.05) is 0 Å². The zero-order valence-electron chi connectivity index (χ0n) is 11.2. The van der Waals surface area contributed by atoms with Crippen LogP contribution in [0, 0.1) is 17.8 Å². The molecule has 1 aromatic heterocycles. The summed E-state index contributed by atoms with van der Waals surface area (Å²) in [5, 5.41) is 11.6. The van der Waals surface area contributed by atoms with Crippen LogP contribution >= 0.6 is 0 Å². The fourth-order valence-electron chi connectivity index (χ4n) is 2.41. The lowest BCUT2D eigenvalue weighted by Gasteiger charge is -2.03. The van der Waals surface area contributed by atoms with E-state index >= 15 is 0 Å². The Bertz CT molecular complexity index is 982. The Labute approximate surface area is 120 Å². The minimum Gasteiger partial charge on any atom is -0.508 e. The normalized spacial score (nSPS) is 14.1. The van der Waals surface area contributed by atoms with Gasteiger partial charge in [0.2, 0.25) is 0 Å². The lowest BCUT2D eigenvalue weighted by Crippen LogP contribution is -2.00. The maximum Gasteiger partial charge on any atom is 0.344 e. The van der Waals surface area contributed by atoms with Crippen molar-refractivity contribution in [3.63, 3.8) is 0 Å². The number of hydrogen-bond acceptors (Lipinski definition) is 3. The molecule has 0 amide bonds. The van der Waals surface area contributed by atoms with Crippen molar-refractivity contribution in [2.24, 2.45) is 5.92 Å². The molecule has 2 aromatic carbocycles. The molecule has 0 saturated heterocycles. The van der Waals surface area contributed by atoms with Crippen LogP contribution in [0.3, 0.4) is 0 Å². The van der Waals surface area contributed by atoms with Gasteiger partial charge in [-0.2, -0.15) is 0 Å². The van der Waals surface area contributed by atoms with Gasteiger partial charge >= 0.3 is 5.63 Å². The molecular formula is C18H12O3. The van der Waals surface area contributed by atoms with E-state index in [-0.39, 0.29) is 5.75 Å². The van der Waals surface area contributed by atoms with Gasteiger partial charge in [0.15, 0.2) is 0 Å². The molecule has 0 bridgehead atoms. The summed E-state index contributed by atoms with van der Waals surface area (Å²) in [7, 11) is 0. The number of rotatable bonds is 0. The second-order valence-corrected chi connectivity index (χ2v) is 5.37. The quantitative estimate of drug-likeness (QED) is 0.389. The van der Waals surface area contributed by atoms with E-state index in [1.807, 2.05) is 12.1 Å². The molecule has 1 fully saturated rings. The standard InChI is InChI=1S/C18H12O3/c19-13-6-8-15-14-7-5-12(4-3-11-1-2-11)9-16(14)18(20)21-17(15)10-13/h5-11,19H,1-2H2. The first kappa shape index (κ1) is 12.0. The third-order valence-electron chi connectivity index (χ3n) is 3.70. The van der Waals surface area contributed by atoms with Crippen molar-refractivity contribution in [1.29, 1.82) is 0 Å². The van der Waals surface area contributed by atoms with Crippen LogP contribution in [0.15, 0.2) is 45.6 Å². The van der Waals surface area contributed by atoms with Gasteiger partial charge in [-0.25, -0.2) is 4.79 Å². The fraction of sp³-hybridized carbons (Fsp3) is 0.167. The molecule has 4 rings (SSSR count). The van der Waals surface area contributed by atoms with Gasteiger partial charge in [0.05, 0.1) is 5.39 Å². The smallest absolute Gasteiger partial charge is 0.344 e. The predicted molar refractivity (Wildman–Crippen MR) is 81.3 cm³/mol. The molecule has 0 radical (unpaired) electrons. The molecule has 1 saturated carbocycles. The second-order valence-electron chi connectivity index (χ2n) is 5.37. The molecule has 0 aliphatic heterocycles. The Morgan fingerprint density at radius 3 is 2.67 bits per heavy atom. The predicted octanol–water partition coefficient (Wildman–Crippen LogP) is 3.41. The van der Waals surface area contributed by atoms with Gasteiger partial charge < -0.3 is 9.52 Å². The number of benzene rings is 2. The van der Waals surface area contributed by atoms with Gasteiger partial charge in [-0.1, -0.05) is 17.9 Å². The molecular weight excluding hydrogens is 264 g/mol. The van der Waals surface area contributed by atoms with Crippen LogP contribution in [0.5, 0.6) is 5.75 Å². The molecule has 21 heavy (non-hydrogen) atoms. The van der Waals surface area contributed by atoms with Gasteiger partial charge in [-0.15, -0.1) is 0 Å². The summed E-state index contributed by atoms with van der Waals surface area (Å²) in [6, 6.07) is 10.4. The highest BCUT2D eigenvalue weighted by molar-refractivity contribution is 6.04. The monoisotopic (exact) mass is 276 g/mol. The van der Waals surface area contributed by atoms with Crippen molar-refractivity contribution in [2.45, 2.75) is 12.8 Å². The molecule has 3 nitrogen and oxygen atoms in total. The Morgan fingerprint density at radius 2 is 1.86 bits per heavy atom. The van der Waals surface area contributed by atoms with Crippen molar-refractivity contribution < 1.29 is 9.52 Å². The van der Waals surface area contributed by atoms with Crippen molar-refractivity contribution in [1.82, 2.24) is 0 Å². The lowest BCUT2D eigenvalue weighted by molar-refractivity contribution is 0.473. The van der Waals surface area contributed by atoms with Crippen molar-refractivity contribution in [3.05, 3.63) is 52.4 Å². The van der Waals surface area contributed by atoms with E-state index in [0.29, 0.717) is 16.9 Å². The zero-order chi connectivity index (χ0) is 14.4. The molecule has 3 aromatic rings. The third kappa shape index (κ3) is 2.15. The Morgan fingerprint density at radius 1 is 1.05 bits per heavy atom. The van der Waals surface area contributed by atoms with E-state index in [1.165, 1.54) is 18.9 Å². The highest BCUT2D eigenvalue weighted by atomic mass is 16.4. The summed E-state index contributed by atoms with van der Waals surface area (Å²) >= 11 is 0. The van der Waals surface area contributed by atoms with Crippen LogP contribution in [-0.4, -0.2) is 5.11 Å². The summed E-state index contributed by atoms with van der Waals surface area (Å²) in [6.45, 7) is 0. The molecule has 3 heteroatoms. The average molecular weight is 276 g/mol. The van der Waals surface area contributed by atoms with Gasteiger partial charge in [0.1, 0.15) is 11.3 Å². The van der Waals surface area contributed by atoms with Gasteiger partial charge in [0, 0.05) is 28.3 Å². The van der Waals surface area contributed by atoms with E-state index in [0.717, 1.165) is 16.3 Å². The van der Waals surface area contributed by atoms with Gasteiger partial charge in [-0.05, 0) is 37.1 Å². The van der Waals surface area contributed by atoms with Crippen LogP contribution in [0.1, 0.15) is 18.4 Å². The molecule has 1 aliphatic rings. The summed E-state index contributed by atoms with van der Waals surface area (Å²) in [6.07, 6.45) is 2.35. The molecule has 1 aliphatic carbocycles. The van der Waals surface area contributed by atoms with E-state index in [1.54, 1.807) is 18.2 Å². The first-order chi connectivity index (χ1) is 10.2. The van der Waals surface area contributed by atoms with Crippen LogP contribution in [0.25, 0.3) is 21.7 Å². The van der Waals surface area contributed by atoms with Gasteiger partial charge in [-0.3, -0.25) is 0 Å². The molecule has 102 valence electrons. The highest BCUT2D eigenvalue weighted by Gasteiger charge is 2.17. The zero-order valence-corrected chi connectivity index (χ0v) is 11.2. The maximum atomic E-state index is 12.1. The van der Waals surface area contributed by atoms with E-state index < -0.39 is 5.63 Å². The SMILES string of the molecule is O=c1oc2cc(O)ccc2c2ccc(C#CC3CC3)cc12. The van der Waals surface area contributed by atoms with E-state index in [2.05, 4.69) is 11.8 Å². The summed E-state index contributed by atoms with van der Waals surface area (Å²) in [5.41, 5.74) is 0.822. The summed E-state index contributed by atoms with van der Waals surface area (Å²) in [4.78, 5) is 12.1. The topological polar surface area (TPSA) is 50.4 Å². The van der Waals surface area contributed by atoms with Crippen LogP contribution in [0.4, 0.5) is 0 Å². The minimum absolute atomic E-state index is 0.0805. The molecule has 0 unspecified atom stereocenters. The molecule has 0 spiro atoms. The fourth-order valence-corrected chi connectivity index (χ4v) is 2.41. The number of fused-ring (bicyclic) bond motifs is 3. The first-order valence-electron chi connectivity index (χ1n) is 6.92. The summed E-state index contributed by atoms with van der Waals surface area (Å²) in [5.74, 6) is 6.90. The Balaban J connectivity index is 1.97. The van der Waals surface area contributed by atoms with Crippen LogP contribution < -0.4 is 5.63 Å². The largest absolute Gasteiger partial charge is 0.508 e. The lowest BCUT2D eigenvalue weighted by atomic mass is 10.0. The van der Waals surface area contributed by atoms with E-state index in [4.69, 9.17) is 4.42 Å². The van der Waals surface area contributed by atoms with Crippen LogP contribution in [-0.2, 0) is 0 Å². The minimum atomic E-state index is -0.404. The number of phenols is 1. The second kappa shape index (κ2) is 4.39. The maximum absolute atomic E-state index is 12.1. The third-order valence-corrected chi connectivity index (χ3v) is 3.70. The average Bonchev–Trinajstić information content (AvgIpc) is 3.29. The summed E-state index contributed by atoms with van der Waals surface area (Å²) < 4.78 is 5.28.